The number of carbonyl (C=O) groups excluding carboxylic acids is 2. The maximum absolute atomic E-state index is 12.3. The Balaban J connectivity index is 2.58. The van der Waals surface area contributed by atoms with Gasteiger partial charge in [-0.3, -0.25) is 19.6 Å². The molecule has 0 unspecified atom stereocenters. The SMILES string of the molecule is NC(N)NCCC[C@H](NS)C(=O)N[C@@H](Cc1ccc(O)cc1)C(=O)S. The molecule has 0 spiro atoms. The maximum atomic E-state index is 12.3. The van der Waals surface area contributed by atoms with Crippen LogP contribution in [-0.4, -0.2) is 41.0 Å². The summed E-state index contributed by atoms with van der Waals surface area (Å²) >= 11 is 7.81. The molecule has 10 heteroatoms. The Kier molecular flexibility index (Phi) is 9.86. The zero-order valence-corrected chi connectivity index (χ0v) is 15.5. The number of nitrogens with two attached hydrogens (primary N) is 2. The lowest BCUT2D eigenvalue weighted by Crippen LogP contribution is -2.49. The number of carbonyl (C=O) groups is 2. The average Bonchev–Trinajstić information content (AvgIpc) is 2.55. The highest BCUT2D eigenvalue weighted by Crippen LogP contribution is 2.12. The van der Waals surface area contributed by atoms with E-state index in [1.54, 1.807) is 12.1 Å². The molecule has 1 aromatic rings. The van der Waals surface area contributed by atoms with Crippen LogP contribution in [0, 0.1) is 0 Å². The van der Waals surface area contributed by atoms with Crippen LogP contribution in [0.25, 0.3) is 0 Å². The Morgan fingerprint density at radius 1 is 1.16 bits per heavy atom. The van der Waals surface area contributed by atoms with Crippen LogP contribution in [0.2, 0.25) is 0 Å². The van der Waals surface area contributed by atoms with Crippen molar-refractivity contribution in [3.8, 4) is 5.75 Å². The molecular formula is C15H25N5O3S2. The number of amides is 1. The summed E-state index contributed by atoms with van der Waals surface area (Å²) in [7, 11) is 0. The third-order valence-electron chi connectivity index (χ3n) is 3.51. The van der Waals surface area contributed by atoms with E-state index in [4.69, 9.17) is 11.5 Å². The fraction of sp³-hybridized carbons (Fsp3) is 0.467. The highest BCUT2D eigenvalue weighted by Gasteiger charge is 2.23. The van der Waals surface area contributed by atoms with Gasteiger partial charge in [-0.2, -0.15) is 0 Å². The van der Waals surface area contributed by atoms with E-state index < -0.39 is 23.5 Å². The van der Waals surface area contributed by atoms with Gasteiger partial charge in [-0.05, 0) is 37.1 Å². The van der Waals surface area contributed by atoms with E-state index >= 15 is 0 Å². The van der Waals surface area contributed by atoms with Crippen LogP contribution in [0.15, 0.2) is 24.3 Å². The molecule has 0 radical (unpaired) electrons. The number of hydrogen-bond donors (Lipinski definition) is 8. The number of thiol groups is 2. The van der Waals surface area contributed by atoms with Gasteiger partial charge in [0.1, 0.15) is 18.1 Å². The number of nitrogens with one attached hydrogen (secondary N) is 3. The van der Waals surface area contributed by atoms with Crippen LogP contribution in [-0.2, 0) is 16.0 Å². The molecule has 0 fully saturated rings. The molecule has 2 atom stereocenters. The van der Waals surface area contributed by atoms with E-state index in [-0.39, 0.29) is 18.1 Å². The number of phenolic OH excluding ortho intramolecular Hbond substituents is 1. The quantitative estimate of drug-likeness (QED) is 0.142. The summed E-state index contributed by atoms with van der Waals surface area (Å²) in [4.78, 5) is 24.1. The Morgan fingerprint density at radius 3 is 2.32 bits per heavy atom. The molecule has 0 saturated carbocycles. The first-order chi connectivity index (χ1) is 11.8. The third kappa shape index (κ3) is 8.56. The summed E-state index contributed by atoms with van der Waals surface area (Å²) in [6.07, 6.45) is 0.806. The van der Waals surface area contributed by atoms with Crippen LogP contribution in [0.3, 0.4) is 0 Å². The zero-order valence-electron chi connectivity index (χ0n) is 13.7. The summed E-state index contributed by atoms with van der Waals surface area (Å²) in [6.45, 7) is 0.555. The van der Waals surface area contributed by atoms with Crippen molar-refractivity contribution in [3.63, 3.8) is 0 Å². The maximum Gasteiger partial charge on any atom is 0.238 e. The van der Waals surface area contributed by atoms with Crippen LogP contribution >= 0.6 is 25.4 Å². The van der Waals surface area contributed by atoms with Crippen molar-refractivity contribution in [2.24, 2.45) is 11.5 Å². The van der Waals surface area contributed by atoms with Crippen molar-refractivity contribution in [3.05, 3.63) is 29.8 Å². The van der Waals surface area contributed by atoms with E-state index in [0.29, 0.717) is 19.4 Å². The lowest BCUT2D eigenvalue weighted by Gasteiger charge is -2.20. The predicted molar refractivity (Wildman–Crippen MR) is 103 cm³/mol. The summed E-state index contributed by atoms with van der Waals surface area (Å²) in [6, 6.07) is 5.05. The van der Waals surface area contributed by atoms with E-state index in [0.717, 1.165) is 5.56 Å². The molecule has 0 aliphatic carbocycles. The number of aromatic hydroxyl groups is 1. The van der Waals surface area contributed by atoms with Crippen LogP contribution < -0.4 is 26.8 Å². The molecule has 0 saturated heterocycles. The highest BCUT2D eigenvalue weighted by molar-refractivity contribution is 7.96. The van der Waals surface area contributed by atoms with Gasteiger partial charge in [-0.25, -0.2) is 0 Å². The molecule has 1 rings (SSSR count). The minimum atomic E-state index is -0.778. The lowest BCUT2D eigenvalue weighted by molar-refractivity contribution is -0.126. The second-order valence-corrected chi connectivity index (χ2v) is 6.27. The van der Waals surface area contributed by atoms with E-state index in [1.807, 2.05) is 0 Å². The second kappa shape index (κ2) is 11.3. The van der Waals surface area contributed by atoms with Gasteiger partial charge in [-0.15, -0.1) is 12.6 Å². The van der Waals surface area contributed by atoms with E-state index in [2.05, 4.69) is 40.8 Å². The molecule has 0 aromatic heterocycles. The van der Waals surface area contributed by atoms with Crippen LogP contribution in [0.4, 0.5) is 0 Å². The molecule has 25 heavy (non-hydrogen) atoms. The van der Waals surface area contributed by atoms with E-state index in [9.17, 15) is 14.7 Å². The van der Waals surface area contributed by atoms with Crippen molar-refractivity contribution in [2.75, 3.05) is 6.54 Å². The second-order valence-electron chi connectivity index (χ2n) is 5.57. The molecule has 1 amide bonds. The van der Waals surface area contributed by atoms with Crippen LogP contribution in [0.1, 0.15) is 18.4 Å². The first-order valence-electron chi connectivity index (χ1n) is 7.78. The van der Waals surface area contributed by atoms with Crippen molar-refractivity contribution >= 4 is 36.5 Å². The molecule has 0 aliphatic rings. The Bertz CT molecular complexity index is 557. The van der Waals surface area contributed by atoms with Crippen molar-refractivity contribution < 1.29 is 14.7 Å². The molecule has 0 aliphatic heterocycles. The Morgan fingerprint density at radius 2 is 1.80 bits per heavy atom. The van der Waals surface area contributed by atoms with Crippen LogP contribution in [0.5, 0.6) is 5.75 Å². The lowest BCUT2D eigenvalue weighted by atomic mass is 10.1. The van der Waals surface area contributed by atoms with Gasteiger partial charge in [-0.1, -0.05) is 24.9 Å². The van der Waals surface area contributed by atoms with Gasteiger partial charge in [0.25, 0.3) is 0 Å². The van der Waals surface area contributed by atoms with Crippen molar-refractivity contribution in [1.82, 2.24) is 15.4 Å². The molecule has 0 bridgehead atoms. The first kappa shape index (κ1) is 21.7. The number of rotatable bonds is 11. The summed E-state index contributed by atoms with van der Waals surface area (Å²) in [5.41, 5.74) is 11.6. The highest BCUT2D eigenvalue weighted by atomic mass is 32.1. The largest absolute Gasteiger partial charge is 0.508 e. The molecule has 0 heterocycles. The number of benzene rings is 1. The molecule has 8 N–H and O–H groups in total. The minimum absolute atomic E-state index is 0.131. The van der Waals surface area contributed by atoms with Gasteiger partial charge in [0.05, 0.1) is 6.04 Å². The normalized spacial score (nSPS) is 13.5. The minimum Gasteiger partial charge on any atom is -0.508 e. The third-order valence-corrected chi connectivity index (χ3v) is 4.14. The number of phenols is 1. The Labute approximate surface area is 158 Å². The average molecular weight is 388 g/mol. The topological polar surface area (TPSA) is 142 Å². The summed E-state index contributed by atoms with van der Waals surface area (Å²) < 4.78 is 2.63. The fourth-order valence-corrected chi connectivity index (χ4v) is 2.57. The van der Waals surface area contributed by atoms with Gasteiger partial charge in [0.2, 0.25) is 11.0 Å². The zero-order chi connectivity index (χ0) is 18.8. The van der Waals surface area contributed by atoms with Crippen molar-refractivity contribution in [1.29, 1.82) is 0 Å². The van der Waals surface area contributed by atoms with Gasteiger partial charge >= 0.3 is 0 Å². The standard InChI is InChI=1S/C15H25N5O3S2/c16-15(17)18-7-1-2-11(20-25)13(22)19-12(14(23)24)8-9-3-5-10(21)6-4-9/h3-6,11-12,15,18,20-21,25H,1-2,7-8,16-17H2,(H,19,22)(H,23,24)/t11-,12-/m0/s1. The first-order valence-corrected chi connectivity index (χ1v) is 8.68. The van der Waals surface area contributed by atoms with Gasteiger partial charge < -0.3 is 21.9 Å². The molecule has 1 aromatic carbocycles. The molecule has 8 nitrogen and oxygen atoms in total. The Hall–Kier alpha value is -1.30. The van der Waals surface area contributed by atoms with Gasteiger partial charge in [0, 0.05) is 6.42 Å². The number of hydrogen-bond acceptors (Lipinski definition) is 8. The monoisotopic (exact) mass is 387 g/mol. The fourth-order valence-electron chi connectivity index (χ4n) is 2.17. The summed E-state index contributed by atoms with van der Waals surface area (Å²) in [5.74, 6) is -0.218. The molecular weight excluding hydrogens is 362 g/mol. The van der Waals surface area contributed by atoms with E-state index in [1.165, 1.54) is 12.1 Å². The molecule has 140 valence electrons. The predicted octanol–water partition coefficient (Wildman–Crippen LogP) is -0.750. The smallest absolute Gasteiger partial charge is 0.238 e. The summed E-state index contributed by atoms with van der Waals surface area (Å²) in [5, 5.41) is 14.4. The van der Waals surface area contributed by atoms with Crippen molar-refractivity contribution in [2.45, 2.75) is 37.6 Å². The van der Waals surface area contributed by atoms with Gasteiger partial charge in [0.15, 0.2) is 0 Å².